The van der Waals surface area contributed by atoms with Crippen molar-refractivity contribution in [1.82, 2.24) is 0 Å². The summed E-state index contributed by atoms with van der Waals surface area (Å²) in [7, 11) is 0. The van der Waals surface area contributed by atoms with E-state index in [1.54, 1.807) is 0 Å². The lowest BCUT2D eigenvalue weighted by Gasteiger charge is -2.47. The number of rotatable bonds is 7. The van der Waals surface area contributed by atoms with Gasteiger partial charge in [0.25, 0.3) is 0 Å². The summed E-state index contributed by atoms with van der Waals surface area (Å²) in [5, 5.41) is 109. The van der Waals surface area contributed by atoms with Crippen LogP contribution in [0.2, 0.25) is 0 Å². The third-order valence-corrected chi connectivity index (χ3v) is 6.09. The molecule has 0 amide bonds. The predicted molar refractivity (Wildman–Crippen MR) is 101 cm³/mol. The van der Waals surface area contributed by atoms with E-state index >= 15 is 0 Å². The molecule has 0 aromatic rings. The molecule has 200 valence electrons. The molecule has 16 nitrogen and oxygen atoms in total. The van der Waals surface area contributed by atoms with E-state index < -0.39 is 112 Å². The van der Waals surface area contributed by atoms with Crippen molar-refractivity contribution >= 4 is 0 Å². The first-order valence-corrected chi connectivity index (χ1v) is 10.6. The van der Waals surface area contributed by atoms with Crippen LogP contribution in [0.1, 0.15) is 0 Å². The lowest BCUT2D eigenvalue weighted by Crippen LogP contribution is -2.66. The second-order valence-corrected chi connectivity index (χ2v) is 8.33. The molecule has 3 heterocycles. The Bertz CT molecular complexity index is 637. The zero-order chi connectivity index (χ0) is 25.3. The van der Waals surface area contributed by atoms with Crippen LogP contribution in [0.4, 0.5) is 0 Å². The average molecular weight is 504 g/mol. The number of ether oxygens (including phenoxy) is 5. The Morgan fingerprint density at radius 2 is 0.941 bits per heavy atom. The van der Waals surface area contributed by atoms with Gasteiger partial charge < -0.3 is 79.9 Å². The molecule has 0 saturated carbocycles. The third kappa shape index (κ3) is 5.37. The largest absolute Gasteiger partial charge is 0.394 e. The first kappa shape index (κ1) is 27.9. The van der Waals surface area contributed by atoms with Crippen molar-refractivity contribution in [3.05, 3.63) is 0 Å². The average Bonchev–Trinajstić information content (AvgIpc) is 2.83. The van der Waals surface area contributed by atoms with Crippen LogP contribution >= 0.6 is 0 Å². The molecule has 16 heteroatoms. The van der Waals surface area contributed by atoms with E-state index in [1.165, 1.54) is 0 Å². The maximum atomic E-state index is 10.8. The number of aliphatic hydroxyl groups is 11. The van der Waals surface area contributed by atoms with Crippen molar-refractivity contribution in [2.24, 2.45) is 0 Å². The molecule has 0 spiro atoms. The first-order valence-electron chi connectivity index (χ1n) is 10.6. The molecule has 3 aliphatic heterocycles. The van der Waals surface area contributed by atoms with E-state index in [9.17, 15) is 56.2 Å². The van der Waals surface area contributed by atoms with Crippen molar-refractivity contribution in [1.29, 1.82) is 0 Å². The second kappa shape index (κ2) is 11.6. The Kier molecular flexibility index (Phi) is 9.54. The highest BCUT2D eigenvalue weighted by Crippen LogP contribution is 2.32. The maximum Gasteiger partial charge on any atom is 0.187 e. The summed E-state index contributed by atoms with van der Waals surface area (Å²) in [6.45, 7) is -2.34. The SMILES string of the molecule is OC[C@H]1O[C@@H](O[C@H]2[C@@H](O)[C@H](O[C@@H]3[C@H](O)[C@@H](O)[C@H](O)O[C@@H]3CO)O[C@H](CO)[C@H]2O)[C@H](O)[C@@H](O)[C@@H]1O. The molecule has 0 aromatic carbocycles. The van der Waals surface area contributed by atoms with Crippen molar-refractivity contribution in [2.75, 3.05) is 19.8 Å². The smallest absolute Gasteiger partial charge is 0.187 e. The molecule has 0 unspecified atom stereocenters. The summed E-state index contributed by atoms with van der Waals surface area (Å²) >= 11 is 0. The fraction of sp³-hybridized carbons (Fsp3) is 1.00. The molecular weight excluding hydrogens is 472 g/mol. The molecule has 3 fully saturated rings. The number of hydrogen-bond donors (Lipinski definition) is 11. The molecule has 0 aliphatic carbocycles. The molecule has 34 heavy (non-hydrogen) atoms. The van der Waals surface area contributed by atoms with Gasteiger partial charge in [-0.25, -0.2) is 0 Å². The highest BCUT2D eigenvalue weighted by Gasteiger charge is 2.53. The number of aliphatic hydroxyl groups excluding tert-OH is 11. The monoisotopic (exact) mass is 504 g/mol. The van der Waals surface area contributed by atoms with Gasteiger partial charge in [-0.1, -0.05) is 0 Å². The van der Waals surface area contributed by atoms with E-state index in [4.69, 9.17) is 23.7 Å². The molecule has 0 aromatic heterocycles. The minimum absolute atomic E-state index is 0.759. The summed E-state index contributed by atoms with van der Waals surface area (Å²) < 4.78 is 26.4. The van der Waals surface area contributed by atoms with Gasteiger partial charge in [0.1, 0.15) is 73.2 Å². The highest BCUT2D eigenvalue weighted by atomic mass is 16.7. The van der Waals surface area contributed by atoms with Crippen LogP contribution in [-0.4, -0.2) is 168 Å². The standard InChI is InChI=1S/C18H32O16/c19-1-4-7(22)9(24)12(27)17(31-4)34-15-8(23)5(2-20)32-18(13(15)28)33-14-6(3-21)30-16(29)11(26)10(14)25/h4-29H,1-3H2/t4-,5-,6-,7-,8-,9+,10-,11-,12-,13-,14+,15-,16-,17+,18+/m1/s1. The second-order valence-electron chi connectivity index (χ2n) is 8.33. The predicted octanol–water partition coefficient (Wildman–Crippen LogP) is -7.57. The minimum atomic E-state index is -1.90. The van der Waals surface area contributed by atoms with Crippen LogP contribution in [-0.2, 0) is 23.7 Å². The summed E-state index contributed by atoms with van der Waals surface area (Å²) in [5.74, 6) is 0. The van der Waals surface area contributed by atoms with Gasteiger partial charge in [0, 0.05) is 0 Å². The summed E-state index contributed by atoms with van der Waals surface area (Å²) in [4.78, 5) is 0. The van der Waals surface area contributed by atoms with Gasteiger partial charge in [-0.05, 0) is 0 Å². The van der Waals surface area contributed by atoms with Crippen LogP contribution in [0.3, 0.4) is 0 Å². The van der Waals surface area contributed by atoms with Crippen molar-refractivity contribution in [3.63, 3.8) is 0 Å². The summed E-state index contributed by atoms with van der Waals surface area (Å²) in [5.41, 5.74) is 0. The van der Waals surface area contributed by atoms with Crippen LogP contribution in [0, 0.1) is 0 Å². The van der Waals surface area contributed by atoms with E-state index in [-0.39, 0.29) is 0 Å². The molecule has 0 radical (unpaired) electrons. The number of hydrogen-bond acceptors (Lipinski definition) is 16. The van der Waals surface area contributed by atoms with Gasteiger partial charge in [-0.3, -0.25) is 0 Å². The Balaban J connectivity index is 1.78. The quantitative estimate of drug-likeness (QED) is 0.154. The fourth-order valence-corrected chi connectivity index (χ4v) is 4.05. The molecule has 0 bridgehead atoms. The first-order chi connectivity index (χ1) is 16.0. The fourth-order valence-electron chi connectivity index (χ4n) is 4.05. The topological polar surface area (TPSA) is 269 Å². The van der Waals surface area contributed by atoms with Crippen molar-refractivity contribution in [3.8, 4) is 0 Å². The molecule has 3 saturated heterocycles. The van der Waals surface area contributed by atoms with E-state index in [0.717, 1.165) is 0 Å². The Hall–Kier alpha value is -0.640. The third-order valence-electron chi connectivity index (χ3n) is 6.09. The Morgan fingerprint density at radius 3 is 1.50 bits per heavy atom. The molecule has 3 rings (SSSR count). The van der Waals surface area contributed by atoms with Gasteiger partial charge >= 0.3 is 0 Å². The van der Waals surface area contributed by atoms with Gasteiger partial charge in [-0.15, -0.1) is 0 Å². The summed E-state index contributed by atoms with van der Waals surface area (Å²) in [6, 6.07) is 0. The minimum Gasteiger partial charge on any atom is -0.394 e. The van der Waals surface area contributed by atoms with Gasteiger partial charge in [-0.2, -0.15) is 0 Å². The normalized spacial score (nSPS) is 52.5. The highest BCUT2D eigenvalue weighted by molar-refractivity contribution is 4.96. The lowest BCUT2D eigenvalue weighted by molar-refractivity contribution is -0.378. The zero-order valence-electron chi connectivity index (χ0n) is 17.7. The van der Waals surface area contributed by atoms with Crippen molar-refractivity contribution in [2.45, 2.75) is 92.1 Å². The molecule has 3 aliphatic rings. The van der Waals surface area contributed by atoms with E-state index in [1.807, 2.05) is 0 Å². The molecular formula is C18H32O16. The maximum absolute atomic E-state index is 10.8. The summed E-state index contributed by atoms with van der Waals surface area (Å²) in [6.07, 6.45) is -25.4. The Labute approximate surface area is 192 Å². The van der Waals surface area contributed by atoms with Crippen LogP contribution in [0.5, 0.6) is 0 Å². The van der Waals surface area contributed by atoms with Gasteiger partial charge in [0.05, 0.1) is 19.8 Å². The van der Waals surface area contributed by atoms with Crippen LogP contribution in [0.25, 0.3) is 0 Å². The van der Waals surface area contributed by atoms with E-state index in [0.29, 0.717) is 0 Å². The molecule has 15 atom stereocenters. The van der Waals surface area contributed by atoms with Gasteiger partial charge in [0.2, 0.25) is 0 Å². The lowest BCUT2D eigenvalue weighted by atomic mass is 9.96. The van der Waals surface area contributed by atoms with E-state index in [2.05, 4.69) is 0 Å². The zero-order valence-corrected chi connectivity index (χ0v) is 17.7. The molecule has 11 N–H and O–H groups in total. The van der Waals surface area contributed by atoms with Crippen LogP contribution in [0.15, 0.2) is 0 Å². The Morgan fingerprint density at radius 1 is 0.441 bits per heavy atom. The van der Waals surface area contributed by atoms with Crippen LogP contribution < -0.4 is 0 Å². The van der Waals surface area contributed by atoms with Crippen molar-refractivity contribution < 1.29 is 79.9 Å². The van der Waals surface area contributed by atoms with Gasteiger partial charge in [0.15, 0.2) is 18.9 Å².